The third-order valence-corrected chi connectivity index (χ3v) is 7.73. The van der Waals surface area contributed by atoms with Crippen LogP contribution in [0, 0.1) is 6.92 Å². The fraction of sp³-hybridized carbons (Fsp3) is 0.258. The highest BCUT2D eigenvalue weighted by Gasteiger charge is 2.48. The summed E-state index contributed by atoms with van der Waals surface area (Å²) in [7, 11) is 0. The van der Waals surface area contributed by atoms with Gasteiger partial charge in [-0.1, -0.05) is 62.4 Å². The van der Waals surface area contributed by atoms with E-state index < -0.39 is 17.7 Å². The van der Waals surface area contributed by atoms with E-state index in [4.69, 9.17) is 9.72 Å². The zero-order valence-electron chi connectivity index (χ0n) is 22.1. The van der Waals surface area contributed by atoms with E-state index >= 15 is 0 Å². The van der Waals surface area contributed by atoms with Gasteiger partial charge in [-0.05, 0) is 72.4 Å². The molecule has 1 saturated heterocycles. The Kier molecular flexibility index (Phi) is 6.57. The van der Waals surface area contributed by atoms with Gasteiger partial charge in [0.15, 0.2) is 5.13 Å². The number of rotatable bonds is 5. The number of amides is 1. The summed E-state index contributed by atoms with van der Waals surface area (Å²) in [4.78, 5) is 33.1. The van der Waals surface area contributed by atoms with E-state index in [1.54, 1.807) is 24.3 Å². The minimum absolute atomic E-state index is 0.0399. The van der Waals surface area contributed by atoms with Crippen molar-refractivity contribution in [1.29, 1.82) is 0 Å². The number of nitrogens with zero attached hydrogens (tertiary/aromatic N) is 2. The van der Waals surface area contributed by atoms with Crippen LogP contribution in [0.4, 0.5) is 5.13 Å². The van der Waals surface area contributed by atoms with Crippen LogP contribution in [0.3, 0.4) is 0 Å². The highest BCUT2D eigenvalue weighted by atomic mass is 32.1. The van der Waals surface area contributed by atoms with E-state index in [1.165, 1.54) is 16.2 Å². The minimum Gasteiger partial charge on any atom is -0.507 e. The summed E-state index contributed by atoms with van der Waals surface area (Å²) < 4.78 is 6.44. The van der Waals surface area contributed by atoms with Crippen LogP contribution in [-0.4, -0.2) is 28.4 Å². The molecule has 0 bridgehead atoms. The van der Waals surface area contributed by atoms with Gasteiger partial charge in [0, 0.05) is 5.56 Å². The molecule has 1 aliphatic heterocycles. The van der Waals surface area contributed by atoms with Crippen molar-refractivity contribution in [2.24, 2.45) is 0 Å². The summed E-state index contributed by atoms with van der Waals surface area (Å²) in [5.41, 5.74) is 4.10. The molecular weight excluding hydrogens is 496 g/mol. The number of Topliss-reactive ketones (excluding diaryl/α,β-unsaturated/α-hetero) is 1. The molecule has 38 heavy (non-hydrogen) atoms. The Bertz CT molecular complexity index is 1560. The van der Waals surface area contributed by atoms with E-state index in [0.29, 0.717) is 23.1 Å². The molecule has 0 spiro atoms. The van der Waals surface area contributed by atoms with E-state index in [0.717, 1.165) is 26.9 Å². The van der Waals surface area contributed by atoms with Crippen LogP contribution in [0.2, 0.25) is 0 Å². The standard InChI is InChI=1S/C31H30N2O4S/c1-6-37-22-14-10-20(11-15-22)27(34)25-26(19-8-12-21(13-9-19)31(3,4)5)33(29(36)28(25)35)30-32-23-16-7-18(2)17-24(23)38-30/h7-17,26,34H,6H2,1-5H3/t26-/m0/s1. The molecule has 2 heterocycles. The normalized spacial score (nSPS) is 17.4. The Hall–Kier alpha value is -3.97. The van der Waals surface area contributed by atoms with E-state index in [9.17, 15) is 14.7 Å². The number of fused-ring (bicyclic) bond motifs is 1. The first-order valence-electron chi connectivity index (χ1n) is 12.6. The van der Waals surface area contributed by atoms with Crippen LogP contribution in [0.1, 0.15) is 56.0 Å². The van der Waals surface area contributed by atoms with Gasteiger partial charge >= 0.3 is 5.91 Å². The lowest BCUT2D eigenvalue weighted by molar-refractivity contribution is -0.132. The molecule has 1 aliphatic rings. The van der Waals surface area contributed by atoms with Crippen LogP contribution in [0.25, 0.3) is 16.0 Å². The molecule has 6 nitrogen and oxygen atoms in total. The first kappa shape index (κ1) is 25.7. The SMILES string of the molecule is CCOc1ccc(C(O)=C2C(=O)C(=O)N(c3nc4ccc(C)cc4s3)[C@H]2c2ccc(C(C)(C)C)cc2)cc1. The van der Waals surface area contributed by atoms with Crippen molar-refractivity contribution < 1.29 is 19.4 Å². The Balaban J connectivity index is 1.68. The van der Waals surface area contributed by atoms with Gasteiger partial charge in [-0.2, -0.15) is 0 Å². The second-order valence-electron chi connectivity index (χ2n) is 10.5. The van der Waals surface area contributed by atoms with Crippen LogP contribution in [0.15, 0.2) is 72.3 Å². The van der Waals surface area contributed by atoms with Crippen LogP contribution >= 0.6 is 11.3 Å². The van der Waals surface area contributed by atoms with Gasteiger partial charge in [-0.3, -0.25) is 14.5 Å². The molecule has 1 amide bonds. The van der Waals surface area contributed by atoms with E-state index in [1.807, 2.05) is 56.3 Å². The van der Waals surface area contributed by atoms with Crippen molar-refractivity contribution in [1.82, 2.24) is 4.98 Å². The average molecular weight is 527 g/mol. The molecule has 7 heteroatoms. The largest absolute Gasteiger partial charge is 0.507 e. The quantitative estimate of drug-likeness (QED) is 0.173. The number of carbonyl (C=O) groups is 2. The van der Waals surface area contributed by atoms with Crippen molar-refractivity contribution in [2.75, 3.05) is 11.5 Å². The number of carbonyl (C=O) groups excluding carboxylic acids is 2. The number of ketones is 1. The number of hydrogen-bond donors (Lipinski definition) is 1. The second-order valence-corrected chi connectivity index (χ2v) is 11.5. The van der Waals surface area contributed by atoms with Gasteiger partial charge < -0.3 is 9.84 Å². The summed E-state index contributed by atoms with van der Waals surface area (Å²) in [5, 5.41) is 11.8. The highest BCUT2D eigenvalue weighted by molar-refractivity contribution is 7.22. The molecule has 4 aromatic rings. The molecular formula is C31H30N2O4S. The molecule has 0 aliphatic carbocycles. The van der Waals surface area contributed by atoms with Crippen molar-refractivity contribution in [3.8, 4) is 5.75 Å². The fourth-order valence-electron chi connectivity index (χ4n) is 4.66. The smallest absolute Gasteiger partial charge is 0.301 e. The molecule has 1 aromatic heterocycles. The second kappa shape index (κ2) is 9.72. The Morgan fingerprint density at radius 3 is 2.34 bits per heavy atom. The minimum atomic E-state index is -0.822. The maximum atomic E-state index is 13.5. The zero-order chi connectivity index (χ0) is 27.2. The van der Waals surface area contributed by atoms with Gasteiger partial charge in [-0.25, -0.2) is 4.98 Å². The average Bonchev–Trinajstić information content (AvgIpc) is 3.41. The predicted octanol–water partition coefficient (Wildman–Crippen LogP) is 6.93. The van der Waals surface area contributed by atoms with Gasteiger partial charge in [0.05, 0.1) is 28.4 Å². The Labute approximate surface area is 226 Å². The molecule has 0 saturated carbocycles. The molecule has 5 rings (SSSR count). The molecule has 1 atom stereocenters. The van der Waals surface area contributed by atoms with Crippen molar-refractivity contribution in [2.45, 2.75) is 46.1 Å². The van der Waals surface area contributed by atoms with Gasteiger partial charge in [0.1, 0.15) is 11.5 Å². The highest BCUT2D eigenvalue weighted by Crippen LogP contribution is 2.44. The first-order valence-corrected chi connectivity index (χ1v) is 13.4. The van der Waals surface area contributed by atoms with Gasteiger partial charge in [0.2, 0.25) is 0 Å². The zero-order valence-corrected chi connectivity index (χ0v) is 22.9. The number of thiazole rings is 1. The summed E-state index contributed by atoms with van der Waals surface area (Å²) in [6.07, 6.45) is 0. The molecule has 194 valence electrons. The lowest BCUT2D eigenvalue weighted by atomic mass is 9.85. The fourth-order valence-corrected chi connectivity index (χ4v) is 5.75. The van der Waals surface area contributed by atoms with Crippen LogP contribution in [0.5, 0.6) is 5.75 Å². The number of aromatic nitrogens is 1. The number of aliphatic hydroxyl groups excluding tert-OH is 1. The Morgan fingerprint density at radius 2 is 1.71 bits per heavy atom. The van der Waals surface area contributed by atoms with Gasteiger partial charge in [-0.15, -0.1) is 0 Å². The maximum absolute atomic E-state index is 13.5. The number of aryl methyl sites for hydroxylation is 1. The maximum Gasteiger partial charge on any atom is 0.301 e. The van der Waals surface area contributed by atoms with Crippen LogP contribution in [-0.2, 0) is 15.0 Å². The van der Waals surface area contributed by atoms with Crippen molar-refractivity contribution in [3.63, 3.8) is 0 Å². The summed E-state index contributed by atoms with van der Waals surface area (Å²) in [5.74, 6) is -1.02. The van der Waals surface area contributed by atoms with E-state index in [2.05, 4.69) is 20.8 Å². The summed E-state index contributed by atoms with van der Waals surface area (Å²) >= 11 is 1.36. The summed E-state index contributed by atoms with van der Waals surface area (Å²) in [6.45, 7) is 10.8. The lowest BCUT2D eigenvalue weighted by Gasteiger charge is -2.24. The molecule has 0 radical (unpaired) electrons. The number of anilines is 1. The summed E-state index contributed by atoms with van der Waals surface area (Å²) in [6, 6.07) is 19.8. The molecule has 0 unspecified atom stereocenters. The van der Waals surface area contributed by atoms with Crippen molar-refractivity contribution >= 4 is 44.1 Å². The molecule has 3 aromatic carbocycles. The number of benzene rings is 3. The molecule has 1 N–H and O–H groups in total. The number of aliphatic hydroxyl groups is 1. The first-order chi connectivity index (χ1) is 18.1. The number of ether oxygens (including phenoxy) is 1. The third kappa shape index (κ3) is 4.58. The van der Waals surface area contributed by atoms with Crippen LogP contribution < -0.4 is 9.64 Å². The Morgan fingerprint density at radius 1 is 1.03 bits per heavy atom. The van der Waals surface area contributed by atoms with Crippen molar-refractivity contribution in [3.05, 3.63) is 94.6 Å². The monoisotopic (exact) mass is 526 g/mol. The topological polar surface area (TPSA) is 79.7 Å². The molecule has 1 fully saturated rings. The van der Waals surface area contributed by atoms with Gasteiger partial charge in [0.25, 0.3) is 5.78 Å². The number of hydrogen-bond acceptors (Lipinski definition) is 6. The third-order valence-electron chi connectivity index (χ3n) is 6.71. The van der Waals surface area contributed by atoms with E-state index in [-0.39, 0.29) is 16.7 Å². The lowest BCUT2D eigenvalue weighted by Crippen LogP contribution is -2.29. The predicted molar refractivity (Wildman–Crippen MR) is 152 cm³/mol.